The fraction of sp³-hybridized carbons (Fsp3) is 0.333. The summed E-state index contributed by atoms with van der Waals surface area (Å²) in [6, 6.07) is 6.20. The fourth-order valence-corrected chi connectivity index (χ4v) is 1.05. The number of phenols is 1. The number of phenolic OH excluding ortho intramolecular Hbond substituents is 1. The summed E-state index contributed by atoms with van der Waals surface area (Å²) >= 11 is 0. The minimum absolute atomic E-state index is 0.209. The molecule has 0 aliphatic heterocycles. The van der Waals surface area contributed by atoms with E-state index in [1.165, 1.54) is 0 Å². The van der Waals surface area contributed by atoms with Gasteiger partial charge in [0.25, 0.3) is 0 Å². The van der Waals surface area contributed by atoms with Crippen molar-refractivity contribution in [2.75, 3.05) is 12.4 Å². The molecule has 0 aliphatic carbocycles. The molecule has 0 bridgehead atoms. The first-order valence-electron chi connectivity index (χ1n) is 3.69. The molecule has 0 heterocycles. The van der Waals surface area contributed by atoms with Crippen molar-refractivity contribution in [2.45, 2.75) is 13.3 Å². The maximum Gasteiger partial charge on any atom is 0.123 e. The molecule has 1 aromatic rings. The van der Waals surface area contributed by atoms with E-state index in [1.54, 1.807) is 12.1 Å². The number of hydrogen-bond acceptors (Lipinski definition) is 2. The Morgan fingerprint density at radius 1 is 1.64 bits per heavy atom. The molecule has 1 aromatic carbocycles. The molecule has 2 heteroatoms. The van der Waals surface area contributed by atoms with Gasteiger partial charge in [-0.05, 0) is 24.1 Å². The van der Waals surface area contributed by atoms with Crippen LogP contribution in [-0.4, -0.2) is 12.2 Å². The Hall–Kier alpha value is -1.18. The first-order valence-corrected chi connectivity index (χ1v) is 3.69. The van der Waals surface area contributed by atoms with E-state index < -0.39 is 0 Å². The lowest BCUT2D eigenvalue weighted by atomic mass is 10.1. The lowest BCUT2D eigenvalue weighted by Crippen LogP contribution is -1.93. The van der Waals surface area contributed by atoms with Crippen LogP contribution < -0.4 is 5.32 Å². The molecular weight excluding hydrogens is 138 g/mol. The van der Waals surface area contributed by atoms with Crippen molar-refractivity contribution in [2.24, 2.45) is 0 Å². The molecule has 0 fully saturated rings. The predicted octanol–water partition coefficient (Wildman–Crippen LogP) is 1.80. The van der Waals surface area contributed by atoms with Gasteiger partial charge < -0.3 is 10.4 Å². The van der Waals surface area contributed by atoms with Gasteiger partial charge in [0.05, 0.1) is 0 Å². The highest BCUT2D eigenvalue weighted by Gasteiger charge is 1.98. The zero-order valence-electron chi connectivity index (χ0n) is 6.81. The predicted molar refractivity (Wildman–Crippen MR) is 45.9 cm³/mol. The lowest BCUT2D eigenvalue weighted by Gasteiger charge is -2.06. The van der Waals surface area contributed by atoms with Gasteiger partial charge in [-0.25, -0.2) is 0 Å². The van der Waals surface area contributed by atoms with Gasteiger partial charge in [-0.2, -0.15) is 0 Å². The van der Waals surface area contributed by atoms with Crippen LogP contribution in [0.3, 0.4) is 0 Å². The first-order chi connectivity index (χ1) is 5.27. The Kier molecular flexibility index (Phi) is 2.36. The largest absolute Gasteiger partial charge is 0.507 e. The highest BCUT2D eigenvalue weighted by Crippen LogP contribution is 2.20. The van der Waals surface area contributed by atoms with Gasteiger partial charge >= 0.3 is 0 Å². The molecule has 0 aromatic heterocycles. The molecule has 2 nitrogen and oxygen atoms in total. The van der Waals surface area contributed by atoms with E-state index in [2.05, 4.69) is 18.3 Å². The van der Waals surface area contributed by atoms with E-state index >= 15 is 0 Å². The van der Waals surface area contributed by atoms with Gasteiger partial charge in [0.15, 0.2) is 0 Å². The second-order valence-electron chi connectivity index (χ2n) is 2.36. The van der Waals surface area contributed by atoms with Crippen molar-refractivity contribution in [1.82, 2.24) is 0 Å². The molecule has 0 unspecified atom stereocenters. The average molecular weight is 150 g/mol. The minimum Gasteiger partial charge on any atom is -0.507 e. The molecule has 0 saturated carbocycles. The van der Waals surface area contributed by atoms with Crippen molar-refractivity contribution >= 4 is 5.69 Å². The van der Waals surface area contributed by atoms with Crippen molar-refractivity contribution in [3.05, 3.63) is 23.8 Å². The maximum atomic E-state index is 9.08. The van der Waals surface area contributed by atoms with Crippen molar-refractivity contribution in [3.63, 3.8) is 0 Å². The first kappa shape index (κ1) is 7.92. The maximum absolute atomic E-state index is 9.08. The third-order valence-corrected chi connectivity index (χ3v) is 1.67. The van der Waals surface area contributed by atoms with Gasteiger partial charge in [0.2, 0.25) is 0 Å². The van der Waals surface area contributed by atoms with E-state index in [1.807, 2.05) is 7.05 Å². The highest BCUT2D eigenvalue weighted by atomic mass is 16.3. The number of aryl methyl sites for hydroxylation is 1. The Morgan fingerprint density at radius 3 is 2.91 bits per heavy atom. The van der Waals surface area contributed by atoms with Crippen LogP contribution >= 0.6 is 0 Å². The average Bonchev–Trinajstić information content (AvgIpc) is 2.04. The molecule has 0 saturated heterocycles. The second kappa shape index (κ2) is 3.28. The summed E-state index contributed by atoms with van der Waals surface area (Å²) in [5.41, 5.74) is 2.15. The van der Waals surface area contributed by atoms with Crippen molar-refractivity contribution < 1.29 is 5.11 Å². The summed E-state index contributed by atoms with van der Waals surface area (Å²) in [4.78, 5) is 0. The summed E-state index contributed by atoms with van der Waals surface area (Å²) in [6.07, 6.45) is 0.915. The third-order valence-electron chi connectivity index (χ3n) is 1.67. The SMILES string of the molecule is CCc1cc(O)[c]cc1NC. The second-order valence-corrected chi connectivity index (χ2v) is 2.36. The summed E-state index contributed by atoms with van der Waals surface area (Å²) in [5, 5.41) is 12.1. The van der Waals surface area contributed by atoms with E-state index in [9.17, 15) is 0 Å². The van der Waals surface area contributed by atoms with E-state index in [-0.39, 0.29) is 5.75 Å². The number of rotatable bonds is 2. The Labute approximate surface area is 66.9 Å². The Morgan fingerprint density at radius 2 is 2.36 bits per heavy atom. The monoisotopic (exact) mass is 150 g/mol. The van der Waals surface area contributed by atoms with E-state index in [0.29, 0.717) is 0 Å². The molecule has 2 N–H and O–H groups in total. The summed E-state index contributed by atoms with van der Waals surface area (Å²) in [7, 11) is 1.86. The van der Waals surface area contributed by atoms with Crippen molar-refractivity contribution in [3.8, 4) is 5.75 Å². The summed E-state index contributed by atoms with van der Waals surface area (Å²) in [6.45, 7) is 2.05. The quantitative estimate of drug-likeness (QED) is 0.630. The molecule has 0 atom stereocenters. The lowest BCUT2D eigenvalue weighted by molar-refractivity contribution is 0.473. The molecular formula is C9H12NO. The van der Waals surface area contributed by atoms with Crippen LogP contribution in [0.1, 0.15) is 12.5 Å². The number of anilines is 1. The van der Waals surface area contributed by atoms with Crippen LogP contribution in [0.5, 0.6) is 5.75 Å². The Balaban J connectivity index is 3.06. The molecule has 0 amide bonds. The minimum atomic E-state index is 0.209. The Bertz CT molecular complexity index is 245. The standard InChI is InChI=1S/C9H12NO/c1-3-7-6-8(11)4-5-9(7)10-2/h5-6,10-11H,3H2,1-2H3. The van der Waals surface area contributed by atoms with Crippen molar-refractivity contribution in [1.29, 1.82) is 0 Å². The van der Waals surface area contributed by atoms with Gasteiger partial charge in [-0.1, -0.05) is 6.92 Å². The number of aromatic hydroxyl groups is 1. The third kappa shape index (κ3) is 1.64. The molecule has 1 radical (unpaired) electrons. The van der Waals surface area contributed by atoms with Crippen LogP contribution in [0.4, 0.5) is 5.69 Å². The highest BCUT2D eigenvalue weighted by molar-refractivity contribution is 5.52. The summed E-state index contributed by atoms with van der Waals surface area (Å²) < 4.78 is 0. The van der Waals surface area contributed by atoms with Crippen LogP contribution in [0.15, 0.2) is 12.1 Å². The number of hydrogen-bond donors (Lipinski definition) is 2. The molecule has 59 valence electrons. The van der Waals surface area contributed by atoms with Crippen LogP contribution in [0, 0.1) is 6.07 Å². The molecule has 11 heavy (non-hydrogen) atoms. The molecule has 0 spiro atoms. The zero-order valence-corrected chi connectivity index (χ0v) is 6.81. The van der Waals surface area contributed by atoms with Crippen LogP contribution in [0.2, 0.25) is 0 Å². The molecule has 1 rings (SSSR count). The number of benzene rings is 1. The van der Waals surface area contributed by atoms with Gasteiger partial charge in [-0.3, -0.25) is 0 Å². The summed E-state index contributed by atoms with van der Waals surface area (Å²) in [5.74, 6) is 0.209. The number of nitrogens with one attached hydrogen (secondary N) is 1. The smallest absolute Gasteiger partial charge is 0.123 e. The van der Waals surface area contributed by atoms with E-state index in [4.69, 9.17) is 5.11 Å². The van der Waals surface area contributed by atoms with Crippen LogP contribution in [0.25, 0.3) is 0 Å². The van der Waals surface area contributed by atoms with Gasteiger partial charge in [0.1, 0.15) is 5.75 Å². The van der Waals surface area contributed by atoms with E-state index in [0.717, 1.165) is 17.7 Å². The van der Waals surface area contributed by atoms with Gasteiger partial charge in [0, 0.05) is 18.8 Å². The fourth-order valence-electron chi connectivity index (χ4n) is 1.05. The van der Waals surface area contributed by atoms with Gasteiger partial charge in [-0.15, -0.1) is 0 Å². The molecule has 0 aliphatic rings. The van der Waals surface area contributed by atoms with Crippen LogP contribution in [-0.2, 0) is 6.42 Å². The normalized spacial score (nSPS) is 9.64. The zero-order chi connectivity index (χ0) is 8.27. The topological polar surface area (TPSA) is 32.3 Å².